The first kappa shape index (κ1) is 17.0. The van der Waals surface area contributed by atoms with E-state index in [2.05, 4.69) is 5.32 Å². The lowest BCUT2D eigenvalue weighted by molar-refractivity contribution is -0.128. The fourth-order valence-electron chi connectivity index (χ4n) is 2.68. The molecule has 130 valence electrons. The number of carbonyl (C=O) groups is 2. The zero-order valence-electron chi connectivity index (χ0n) is 14.1. The van der Waals surface area contributed by atoms with E-state index in [4.69, 9.17) is 4.74 Å². The highest BCUT2D eigenvalue weighted by Crippen LogP contribution is 2.34. The van der Waals surface area contributed by atoms with Gasteiger partial charge in [-0.25, -0.2) is 4.39 Å². The Morgan fingerprint density at radius 2 is 1.96 bits per heavy atom. The van der Waals surface area contributed by atoms with Gasteiger partial charge in [-0.2, -0.15) is 0 Å². The van der Waals surface area contributed by atoms with Crippen molar-refractivity contribution in [3.63, 3.8) is 0 Å². The zero-order chi connectivity index (χ0) is 18.0. The SMILES string of the molecule is Cc1ccc2c(c1)N(CC(=O)NCc1ccc(F)cc1)C(=O)C(C)O2. The number of aryl methyl sites for hydroxylation is 1. The monoisotopic (exact) mass is 342 g/mol. The number of hydrogen-bond acceptors (Lipinski definition) is 3. The Balaban J connectivity index is 1.70. The molecule has 1 N–H and O–H groups in total. The second kappa shape index (κ2) is 6.93. The Hall–Kier alpha value is -2.89. The van der Waals surface area contributed by atoms with Gasteiger partial charge in [-0.1, -0.05) is 18.2 Å². The second-order valence-electron chi connectivity index (χ2n) is 6.06. The average molecular weight is 342 g/mol. The maximum atomic E-state index is 12.9. The van der Waals surface area contributed by atoms with Crippen LogP contribution in [-0.4, -0.2) is 24.5 Å². The van der Waals surface area contributed by atoms with Crippen molar-refractivity contribution in [2.45, 2.75) is 26.5 Å². The highest BCUT2D eigenvalue weighted by Gasteiger charge is 2.32. The number of hydrogen-bond donors (Lipinski definition) is 1. The third-order valence-electron chi connectivity index (χ3n) is 4.03. The van der Waals surface area contributed by atoms with Crippen LogP contribution in [-0.2, 0) is 16.1 Å². The largest absolute Gasteiger partial charge is 0.479 e. The first-order chi connectivity index (χ1) is 11.9. The van der Waals surface area contributed by atoms with Crippen molar-refractivity contribution < 1.29 is 18.7 Å². The summed E-state index contributed by atoms with van der Waals surface area (Å²) >= 11 is 0. The fraction of sp³-hybridized carbons (Fsp3) is 0.263. The minimum absolute atomic E-state index is 0.0931. The molecule has 0 aromatic heterocycles. The van der Waals surface area contributed by atoms with Crippen molar-refractivity contribution in [1.29, 1.82) is 0 Å². The molecule has 0 radical (unpaired) electrons. The number of ether oxygens (including phenoxy) is 1. The van der Waals surface area contributed by atoms with Gasteiger partial charge in [0, 0.05) is 6.54 Å². The maximum Gasteiger partial charge on any atom is 0.268 e. The Morgan fingerprint density at radius 1 is 1.24 bits per heavy atom. The molecule has 0 saturated carbocycles. The molecule has 1 aliphatic heterocycles. The summed E-state index contributed by atoms with van der Waals surface area (Å²) in [4.78, 5) is 26.1. The van der Waals surface area contributed by atoms with Crippen molar-refractivity contribution in [3.8, 4) is 5.75 Å². The third-order valence-corrected chi connectivity index (χ3v) is 4.03. The summed E-state index contributed by atoms with van der Waals surface area (Å²) in [6.45, 7) is 3.75. The third kappa shape index (κ3) is 3.79. The molecule has 0 aliphatic carbocycles. The molecule has 0 bridgehead atoms. The summed E-state index contributed by atoms with van der Waals surface area (Å²) in [5.41, 5.74) is 2.36. The molecule has 25 heavy (non-hydrogen) atoms. The summed E-state index contributed by atoms with van der Waals surface area (Å²) in [5, 5.41) is 2.75. The lowest BCUT2D eigenvalue weighted by Crippen LogP contribution is -2.48. The van der Waals surface area contributed by atoms with E-state index in [1.54, 1.807) is 25.1 Å². The first-order valence-corrected chi connectivity index (χ1v) is 8.04. The van der Waals surface area contributed by atoms with Gasteiger partial charge >= 0.3 is 0 Å². The van der Waals surface area contributed by atoms with E-state index in [9.17, 15) is 14.0 Å². The number of fused-ring (bicyclic) bond motifs is 1. The van der Waals surface area contributed by atoms with E-state index in [-0.39, 0.29) is 30.7 Å². The van der Waals surface area contributed by atoms with Crippen LogP contribution in [0.25, 0.3) is 0 Å². The fourth-order valence-corrected chi connectivity index (χ4v) is 2.68. The highest BCUT2D eigenvalue weighted by molar-refractivity contribution is 6.03. The minimum Gasteiger partial charge on any atom is -0.479 e. The molecule has 5 nitrogen and oxygen atoms in total. The molecule has 0 fully saturated rings. The van der Waals surface area contributed by atoms with Crippen LogP contribution in [0.1, 0.15) is 18.1 Å². The molecule has 2 amide bonds. The van der Waals surface area contributed by atoms with Crippen molar-refractivity contribution >= 4 is 17.5 Å². The van der Waals surface area contributed by atoms with Crippen LogP contribution in [0.4, 0.5) is 10.1 Å². The molecule has 0 spiro atoms. The molecule has 1 atom stereocenters. The number of rotatable bonds is 4. The molecule has 6 heteroatoms. The Morgan fingerprint density at radius 3 is 2.68 bits per heavy atom. The Bertz CT molecular complexity index is 805. The second-order valence-corrected chi connectivity index (χ2v) is 6.06. The van der Waals surface area contributed by atoms with Crippen molar-refractivity contribution in [1.82, 2.24) is 5.32 Å². The molecule has 2 aromatic rings. The molecular formula is C19H19FN2O3. The normalized spacial score (nSPS) is 16.2. The standard InChI is InChI=1S/C19H19FN2O3/c1-12-3-8-17-16(9-12)22(19(24)13(2)25-17)11-18(23)21-10-14-4-6-15(20)7-5-14/h3-9,13H,10-11H2,1-2H3,(H,21,23). The van der Waals surface area contributed by atoms with Gasteiger partial charge in [-0.3, -0.25) is 14.5 Å². The van der Waals surface area contributed by atoms with E-state index >= 15 is 0 Å². The van der Waals surface area contributed by atoms with Gasteiger partial charge in [0.2, 0.25) is 5.91 Å². The first-order valence-electron chi connectivity index (χ1n) is 8.04. The molecule has 1 unspecified atom stereocenters. The minimum atomic E-state index is -0.639. The number of halogens is 1. The number of nitrogens with one attached hydrogen (secondary N) is 1. The quantitative estimate of drug-likeness (QED) is 0.929. The highest BCUT2D eigenvalue weighted by atomic mass is 19.1. The summed E-state index contributed by atoms with van der Waals surface area (Å²) < 4.78 is 18.5. The molecule has 2 aromatic carbocycles. The predicted molar refractivity (Wildman–Crippen MR) is 91.9 cm³/mol. The van der Waals surface area contributed by atoms with Gasteiger partial charge in [0.05, 0.1) is 5.69 Å². The molecule has 1 heterocycles. The number of amides is 2. The lowest BCUT2D eigenvalue weighted by atomic mass is 10.1. The van der Waals surface area contributed by atoms with Crippen LogP contribution in [0.15, 0.2) is 42.5 Å². The predicted octanol–water partition coefficient (Wildman–Crippen LogP) is 2.56. The summed E-state index contributed by atoms with van der Waals surface area (Å²) in [5.74, 6) is -0.284. The van der Waals surface area contributed by atoms with Gasteiger partial charge in [-0.05, 0) is 49.2 Å². The van der Waals surface area contributed by atoms with Gasteiger partial charge < -0.3 is 10.1 Å². The molecule has 1 aliphatic rings. The Labute approximate surface area is 145 Å². The van der Waals surface area contributed by atoms with E-state index < -0.39 is 6.10 Å². The van der Waals surface area contributed by atoms with Gasteiger partial charge in [0.15, 0.2) is 6.10 Å². The van der Waals surface area contributed by atoms with Crippen LogP contribution in [0.2, 0.25) is 0 Å². The lowest BCUT2D eigenvalue weighted by Gasteiger charge is -2.32. The van der Waals surface area contributed by atoms with E-state index in [1.807, 2.05) is 19.1 Å². The van der Waals surface area contributed by atoms with E-state index in [1.165, 1.54) is 17.0 Å². The average Bonchev–Trinajstić information content (AvgIpc) is 2.59. The number of benzene rings is 2. The molecule has 3 rings (SSSR count). The van der Waals surface area contributed by atoms with Gasteiger partial charge in [-0.15, -0.1) is 0 Å². The summed E-state index contributed by atoms with van der Waals surface area (Å²) in [7, 11) is 0. The molecule has 0 saturated heterocycles. The maximum absolute atomic E-state index is 12.9. The van der Waals surface area contributed by atoms with Gasteiger partial charge in [0.1, 0.15) is 18.1 Å². The number of nitrogens with zero attached hydrogens (tertiary/aromatic N) is 1. The van der Waals surface area contributed by atoms with Crippen LogP contribution < -0.4 is 15.0 Å². The number of anilines is 1. The zero-order valence-corrected chi connectivity index (χ0v) is 14.1. The van der Waals surface area contributed by atoms with Crippen molar-refractivity contribution in [3.05, 3.63) is 59.4 Å². The van der Waals surface area contributed by atoms with Crippen LogP contribution >= 0.6 is 0 Å². The van der Waals surface area contributed by atoms with Crippen LogP contribution in [0.3, 0.4) is 0 Å². The number of carbonyl (C=O) groups excluding carboxylic acids is 2. The van der Waals surface area contributed by atoms with E-state index in [0.717, 1.165) is 11.1 Å². The smallest absolute Gasteiger partial charge is 0.268 e. The van der Waals surface area contributed by atoms with E-state index in [0.29, 0.717) is 11.4 Å². The van der Waals surface area contributed by atoms with Crippen LogP contribution in [0, 0.1) is 12.7 Å². The summed E-state index contributed by atoms with van der Waals surface area (Å²) in [6, 6.07) is 11.4. The topological polar surface area (TPSA) is 58.6 Å². The molecular weight excluding hydrogens is 323 g/mol. The Kier molecular flexibility index (Phi) is 4.70. The summed E-state index contributed by atoms with van der Waals surface area (Å²) in [6.07, 6.45) is -0.639. The van der Waals surface area contributed by atoms with Gasteiger partial charge in [0.25, 0.3) is 5.91 Å². The van der Waals surface area contributed by atoms with Crippen LogP contribution in [0.5, 0.6) is 5.75 Å². The van der Waals surface area contributed by atoms with Crippen molar-refractivity contribution in [2.24, 2.45) is 0 Å². The van der Waals surface area contributed by atoms with Crippen molar-refractivity contribution in [2.75, 3.05) is 11.4 Å².